The van der Waals surface area contributed by atoms with Crippen molar-refractivity contribution in [1.82, 2.24) is 0 Å². The average Bonchev–Trinajstić information content (AvgIpc) is 2.18. The van der Waals surface area contributed by atoms with E-state index in [0.29, 0.717) is 0 Å². The van der Waals surface area contributed by atoms with Crippen molar-refractivity contribution in [3.05, 3.63) is 40.9 Å². The molecule has 0 N–H and O–H groups in total. The Labute approximate surface area is 78.3 Å². The van der Waals surface area contributed by atoms with Crippen LogP contribution in [0, 0.1) is 0 Å². The topological polar surface area (TPSA) is 3.24 Å². The van der Waals surface area contributed by atoms with Gasteiger partial charge in [0.15, 0.2) is 0 Å². The summed E-state index contributed by atoms with van der Waals surface area (Å²) < 4.78 is 0. The van der Waals surface area contributed by atoms with Gasteiger partial charge >= 0.3 is 0 Å². The Balaban J connectivity index is 2.85. The maximum absolute atomic E-state index is 2.16. The number of benzene rings is 1. The van der Waals surface area contributed by atoms with Gasteiger partial charge in [-0.3, -0.25) is 0 Å². The van der Waals surface area contributed by atoms with E-state index in [0.717, 1.165) is 0 Å². The first-order chi connectivity index (χ1) is 6.33. The predicted molar refractivity (Wildman–Crippen MR) is 57.8 cm³/mol. The lowest BCUT2D eigenvalue weighted by Gasteiger charge is -2.17. The highest BCUT2D eigenvalue weighted by molar-refractivity contribution is 5.61. The van der Waals surface area contributed by atoms with Gasteiger partial charge in [-0.05, 0) is 24.3 Å². The van der Waals surface area contributed by atoms with E-state index in [1.165, 1.54) is 16.1 Å². The second kappa shape index (κ2) is 3.09. The molecule has 1 nitrogen and oxygen atoms in total. The summed E-state index contributed by atoms with van der Waals surface area (Å²) >= 11 is 0. The molecule has 0 amide bonds. The normalized spacial score (nSPS) is 15.5. The number of allylic oxidation sites excluding steroid dienone is 1. The molecule has 0 unspecified atom stereocenters. The van der Waals surface area contributed by atoms with E-state index in [2.05, 4.69) is 61.5 Å². The summed E-state index contributed by atoms with van der Waals surface area (Å²) in [5.41, 5.74) is 1.28. The molecule has 0 spiro atoms. The van der Waals surface area contributed by atoms with Crippen LogP contribution in [0.4, 0.5) is 5.69 Å². The fourth-order valence-electron chi connectivity index (χ4n) is 1.66. The summed E-state index contributed by atoms with van der Waals surface area (Å²) in [5, 5.41) is 2.61. The molecule has 0 saturated carbocycles. The highest BCUT2D eigenvalue weighted by Gasteiger charge is 2.01. The maximum Gasteiger partial charge on any atom is 0.0483 e. The number of nitrogens with zero attached hydrogens (tertiary/aromatic N) is 1. The third kappa shape index (κ3) is 1.26. The highest BCUT2D eigenvalue weighted by Crippen LogP contribution is 2.07. The second-order valence-electron chi connectivity index (χ2n) is 3.19. The van der Waals surface area contributed by atoms with Gasteiger partial charge in [0.25, 0.3) is 0 Å². The zero-order chi connectivity index (χ0) is 9.26. The second-order valence-corrected chi connectivity index (χ2v) is 3.19. The Morgan fingerprint density at radius 2 is 2.15 bits per heavy atom. The monoisotopic (exact) mass is 171 g/mol. The van der Waals surface area contributed by atoms with Crippen molar-refractivity contribution >= 4 is 17.8 Å². The van der Waals surface area contributed by atoms with Crippen LogP contribution >= 0.6 is 0 Å². The molecule has 13 heavy (non-hydrogen) atoms. The van der Waals surface area contributed by atoms with Crippen LogP contribution < -0.4 is 15.3 Å². The molecule has 0 atom stereocenters. The minimum absolute atomic E-state index is 1.28. The quantitative estimate of drug-likeness (QED) is 0.567. The minimum atomic E-state index is 1.28. The first kappa shape index (κ1) is 8.11. The molecule has 2 rings (SSSR count). The minimum Gasteiger partial charge on any atom is -0.351 e. The van der Waals surface area contributed by atoms with Gasteiger partial charge in [-0.25, -0.2) is 0 Å². The molecule has 1 heteroatoms. The lowest BCUT2D eigenvalue weighted by molar-refractivity contribution is 1.17. The van der Waals surface area contributed by atoms with Gasteiger partial charge in [-0.2, -0.15) is 0 Å². The Morgan fingerprint density at radius 3 is 2.92 bits per heavy atom. The summed E-state index contributed by atoms with van der Waals surface area (Å²) in [6.45, 7) is 2.07. The van der Waals surface area contributed by atoms with Crippen LogP contribution in [0.25, 0.3) is 12.2 Å². The molecule has 1 aromatic rings. The Kier molecular flexibility index (Phi) is 1.93. The van der Waals surface area contributed by atoms with E-state index < -0.39 is 0 Å². The molecule has 0 saturated heterocycles. The van der Waals surface area contributed by atoms with Crippen molar-refractivity contribution in [2.45, 2.75) is 6.92 Å². The van der Waals surface area contributed by atoms with Crippen molar-refractivity contribution in [1.29, 1.82) is 0 Å². The van der Waals surface area contributed by atoms with E-state index in [9.17, 15) is 0 Å². The molecule has 0 radical (unpaired) electrons. The van der Waals surface area contributed by atoms with E-state index >= 15 is 0 Å². The van der Waals surface area contributed by atoms with Crippen molar-refractivity contribution in [2.24, 2.45) is 0 Å². The van der Waals surface area contributed by atoms with E-state index in [1.807, 2.05) is 0 Å². The smallest absolute Gasteiger partial charge is 0.0483 e. The molecule has 0 aromatic heterocycles. The summed E-state index contributed by atoms with van der Waals surface area (Å²) in [7, 11) is 2.07. The van der Waals surface area contributed by atoms with Gasteiger partial charge in [0.2, 0.25) is 0 Å². The van der Waals surface area contributed by atoms with E-state index in [4.69, 9.17) is 0 Å². The van der Waals surface area contributed by atoms with Crippen LogP contribution in [-0.2, 0) is 0 Å². The Bertz CT molecular complexity index is 455. The largest absolute Gasteiger partial charge is 0.351 e. The number of hydrogen-bond acceptors (Lipinski definition) is 1. The predicted octanol–water partition coefficient (Wildman–Crippen LogP) is 1.23. The third-order valence-electron chi connectivity index (χ3n) is 2.38. The number of rotatable bonds is 0. The van der Waals surface area contributed by atoms with E-state index in [-0.39, 0.29) is 0 Å². The van der Waals surface area contributed by atoms with Crippen LogP contribution in [0.5, 0.6) is 0 Å². The standard InChI is InChI=1S/C12H13N/c1-3-10-6-4-8-12-11(10)7-5-9-13(12)2/h3-9H,1-2H3. The van der Waals surface area contributed by atoms with Crippen molar-refractivity contribution in [3.63, 3.8) is 0 Å². The fraction of sp³-hybridized carbons (Fsp3) is 0.167. The summed E-state index contributed by atoms with van der Waals surface area (Å²) in [6, 6.07) is 6.38. The van der Waals surface area contributed by atoms with Crippen LogP contribution in [0.3, 0.4) is 0 Å². The highest BCUT2D eigenvalue weighted by atomic mass is 15.1. The Hall–Kier alpha value is -1.50. The molecule has 66 valence electrons. The first-order valence-corrected chi connectivity index (χ1v) is 4.49. The molecule has 1 heterocycles. The summed E-state index contributed by atoms with van der Waals surface area (Å²) in [5.74, 6) is 0. The molecule has 0 aliphatic carbocycles. The SMILES string of the molecule is CC=c1cccc2c1=CC=CN2C. The number of anilines is 1. The van der Waals surface area contributed by atoms with Gasteiger partial charge in [0.05, 0.1) is 0 Å². The molecule has 1 aliphatic heterocycles. The molecular weight excluding hydrogens is 158 g/mol. The lowest BCUT2D eigenvalue weighted by atomic mass is 10.1. The van der Waals surface area contributed by atoms with Gasteiger partial charge in [0, 0.05) is 24.2 Å². The zero-order valence-corrected chi connectivity index (χ0v) is 7.99. The van der Waals surface area contributed by atoms with Crippen molar-refractivity contribution in [2.75, 3.05) is 11.9 Å². The molecule has 1 aliphatic rings. The average molecular weight is 171 g/mol. The maximum atomic E-state index is 2.16. The molecule has 0 bridgehead atoms. The van der Waals surface area contributed by atoms with Crippen LogP contribution in [0.1, 0.15) is 6.92 Å². The van der Waals surface area contributed by atoms with Crippen molar-refractivity contribution < 1.29 is 0 Å². The number of hydrogen-bond donors (Lipinski definition) is 0. The van der Waals surface area contributed by atoms with Gasteiger partial charge in [-0.1, -0.05) is 24.3 Å². The van der Waals surface area contributed by atoms with Gasteiger partial charge < -0.3 is 4.90 Å². The fourth-order valence-corrected chi connectivity index (χ4v) is 1.66. The third-order valence-corrected chi connectivity index (χ3v) is 2.38. The van der Waals surface area contributed by atoms with Crippen LogP contribution in [0.15, 0.2) is 30.5 Å². The molecule has 1 aromatic carbocycles. The zero-order valence-electron chi connectivity index (χ0n) is 7.99. The van der Waals surface area contributed by atoms with Crippen LogP contribution in [-0.4, -0.2) is 7.05 Å². The van der Waals surface area contributed by atoms with Crippen LogP contribution in [0.2, 0.25) is 0 Å². The Morgan fingerprint density at radius 1 is 1.31 bits per heavy atom. The molecular formula is C12H13N. The summed E-state index contributed by atoms with van der Waals surface area (Å²) in [6.07, 6.45) is 8.45. The number of fused-ring (bicyclic) bond motifs is 1. The first-order valence-electron chi connectivity index (χ1n) is 4.49. The van der Waals surface area contributed by atoms with E-state index in [1.54, 1.807) is 0 Å². The molecule has 0 fully saturated rings. The van der Waals surface area contributed by atoms with Gasteiger partial charge in [0.1, 0.15) is 0 Å². The van der Waals surface area contributed by atoms with Gasteiger partial charge in [-0.15, -0.1) is 0 Å². The van der Waals surface area contributed by atoms with Crippen molar-refractivity contribution in [3.8, 4) is 0 Å². The lowest BCUT2D eigenvalue weighted by Crippen LogP contribution is -2.31. The summed E-state index contributed by atoms with van der Waals surface area (Å²) in [4.78, 5) is 2.14.